The summed E-state index contributed by atoms with van der Waals surface area (Å²) in [5.74, 6) is -1.80. The van der Waals surface area contributed by atoms with Crippen molar-refractivity contribution in [1.82, 2.24) is 9.62 Å². The molecule has 0 bridgehead atoms. The first-order valence-corrected chi connectivity index (χ1v) is 12.1. The minimum absolute atomic E-state index is 0.0581. The number of esters is 1. The number of carbonyl (C=O) groups excluding carboxylic acids is 2. The third-order valence-electron chi connectivity index (χ3n) is 5.04. The van der Waals surface area contributed by atoms with Crippen LogP contribution in [0, 0.1) is 5.82 Å². The number of nitrogens with zero attached hydrogens (tertiary/aromatic N) is 1. The number of likely N-dealkylation sites (N-methyl/N-ethyl adjacent to an activating group) is 1. The Morgan fingerprint density at radius 1 is 1.27 bits per heavy atom. The minimum atomic E-state index is -3.99. The molecule has 0 radical (unpaired) electrons. The van der Waals surface area contributed by atoms with E-state index in [-0.39, 0.29) is 34.7 Å². The van der Waals surface area contributed by atoms with Crippen molar-refractivity contribution in [3.63, 3.8) is 0 Å². The van der Waals surface area contributed by atoms with Crippen LogP contribution in [-0.4, -0.2) is 58.1 Å². The lowest BCUT2D eigenvalue weighted by Crippen LogP contribution is -2.32. The third kappa shape index (κ3) is 6.97. The second kappa shape index (κ2) is 11.1. The third-order valence-corrected chi connectivity index (χ3v) is 6.95. The van der Waals surface area contributed by atoms with E-state index in [9.17, 15) is 22.4 Å². The average Bonchev–Trinajstić information content (AvgIpc) is 3.30. The van der Waals surface area contributed by atoms with E-state index in [4.69, 9.17) is 21.1 Å². The quantitative estimate of drug-likeness (QED) is 0.533. The fourth-order valence-corrected chi connectivity index (χ4v) is 4.83. The second-order valence-corrected chi connectivity index (χ2v) is 9.73. The number of amides is 1. The van der Waals surface area contributed by atoms with Crippen LogP contribution in [0.25, 0.3) is 0 Å². The number of hydrogen-bond donors (Lipinski definition) is 1. The minimum Gasteiger partial charge on any atom is -0.452 e. The summed E-state index contributed by atoms with van der Waals surface area (Å²) < 4.78 is 51.5. The first kappa shape index (κ1) is 25.1. The summed E-state index contributed by atoms with van der Waals surface area (Å²) in [5.41, 5.74) is 0.512. The van der Waals surface area contributed by atoms with Crippen LogP contribution < -0.4 is 4.72 Å². The van der Waals surface area contributed by atoms with Crippen molar-refractivity contribution >= 4 is 33.5 Å². The van der Waals surface area contributed by atoms with Crippen LogP contribution in [0.2, 0.25) is 5.02 Å². The van der Waals surface area contributed by atoms with E-state index >= 15 is 0 Å². The Morgan fingerprint density at radius 2 is 2.06 bits per heavy atom. The molecule has 1 aliphatic heterocycles. The Kier molecular flexibility index (Phi) is 8.41. The zero-order chi connectivity index (χ0) is 24.0. The number of nitrogens with one attached hydrogen (secondary N) is 1. The zero-order valence-electron chi connectivity index (χ0n) is 17.9. The van der Waals surface area contributed by atoms with Gasteiger partial charge >= 0.3 is 5.97 Å². The average molecular weight is 499 g/mol. The standard InChI is InChI=1S/C22H24ClFN2O6S/c1-26(13-15-4-2-5-17(24)10-15)21(27)14-32-22(28)16-7-8-19(23)20(11-16)33(29,30)25-12-18-6-3-9-31-18/h2,4-5,7-8,10-11,18,25H,3,6,9,12-14H2,1H3. The number of halogens is 2. The summed E-state index contributed by atoms with van der Waals surface area (Å²) in [6, 6.07) is 9.49. The first-order valence-electron chi connectivity index (χ1n) is 10.2. The van der Waals surface area contributed by atoms with Gasteiger partial charge in [-0.3, -0.25) is 4.79 Å². The van der Waals surface area contributed by atoms with Gasteiger partial charge in [-0.25, -0.2) is 22.3 Å². The highest BCUT2D eigenvalue weighted by Gasteiger charge is 2.24. The highest BCUT2D eigenvalue weighted by Crippen LogP contribution is 2.23. The van der Waals surface area contributed by atoms with Crippen LogP contribution in [0.15, 0.2) is 47.4 Å². The van der Waals surface area contributed by atoms with Crippen LogP contribution in [0.1, 0.15) is 28.8 Å². The number of benzene rings is 2. The molecule has 8 nitrogen and oxygen atoms in total. The van der Waals surface area contributed by atoms with Gasteiger partial charge in [0.15, 0.2) is 6.61 Å². The van der Waals surface area contributed by atoms with Crippen molar-refractivity contribution in [3.05, 3.63) is 64.4 Å². The molecule has 2 aromatic carbocycles. The van der Waals surface area contributed by atoms with E-state index < -0.39 is 34.3 Å². The smallest absolute Gasteiger partial charge is 0.338 e. The Morgan fingerprint density at radius 3 is 2.76 bits per heavy atom. The summed E-state index contributed by atoms with van der Waals surface area (Å²) in [6.45, 7) is 0.255. The number of ether oxygens (including phenoxy) is 2. The van der Waals surface area contributed by atoms with Gasteiger partial charge in [0.25, 0.3) is 5.91 Å². The van der Waals surface area contributed by atoms with Gasteiger partial charge in [-0.2, -0.15) is 0 Å². The normalized spacial score (nSPS) is 15.9. The van der Waals surface area contributed by atoms with E-state index in [1.54, 1.807) is 6.07 Å². The Bertz CT molecular complexity index is 1120. The fraction of sp³-hybridized carbons (Fsp3) is 0.364. The zero-order valence-corrected chi connectivity index (χ0v) is 19.5. The van der Waals surface area contributed by atoms with E-state index in [1.165, 1.54) is 42.3 Å². The molecule has 3 rings (SSSR count). The van der Waals surface area contributed by atoms with E-state index in [0.717, 1.165) is 18.9 Å². The van der Waals surface area contributed by atoms with Crippen molar-refractivity contribution in [2.45, 2.75) is 30.4 Å². The molecule has 1 saturated heterocycles. The van der Waals surface area contributed by atoms with Crippen LogP contribution in [0.3, 0.4) is 0 Å². The van der Waals surface area contributed by atoms with Gasteiger partial charge in [0.2, 0.25) is 10.0 Å². The van der Waals surface area contributed by atoms with Gasteiger partial charge in [-0.1, -0.05) is 23.7 Å². The molecule has 1 fully saturated rings. The lowest BCUT2D eigenvalue weighted by Gasteiger charge is -2.17. The highest BCUT2D eigenvalue weighted by atomic mass is 35.5. The molecular weight excluding hydrogens is 475 g/mol. The molecule has 0 saturated carbocycles. The van der Waals surface area contributed by atoms with Gasteiger partial charge in [0, 0.05) is 26.7 Å². The molecule has 0 aliphatic carbocycles. The monoisotopic (exact) mass is 498 g/mol. The maximum atomic E-state index is 13.3. The van der Waals surface area contributed by atoms with Crippen LogP contribution in [0.5, 0.6) is 0 Å². The molecule has 0 spiro atoms. The highest BCUT2D eigenvalue weighted by molar-refractivity contribution is 7.89. The lowest BCUT2D eigenvalue weighted by atomic mass is 10.2. The molecule has 1 heterocycles. The van der Waals surface area contributed by atoms with Crippen molar-refractivity contribution in [2.75, 3.05) is 26.8 Å². The van der Waals surface area contributed by atoms with E-state index in [2.05, 4.69) is 4.72 Å². The molecule has 178 valence electrons. The van der Waals surface area contributed by atoms with Crippen LogP contribution in [-0.2, 0) is 30.8 Å². The number of hydrogen-bond acceptors (Lipinski definition) is 6. The fourth-order valence-electron chi connectivity index (χ4n) is 3.24. The van der Waals surface area contributed by atoms with Gasteiger partial charge < -0.3 is 14.4 Å². The summed E-state index contributed by atoms with van der Waals surface area (Å²) >= 11 is 6.05. The molecule has 1 unspecified atom stereocenters. The number of carbonyl (C=O) groups is 2. The van der Waals surface area contributed by atoms with Crippen LogP contribution >= 0.6 is 11.6 Å². The number of rotatable bonds is 9. The maximum absolute atomic E-state index is 13.3. The Balaban J connectivity index is 1.59. The molecule has 1 amide bonds. The lowest BCUT2D eigenvalue weighted by molar-refractivity contribution is -0.133. The van der Waals surface area contributed by atoms with E-state index in [0.29, 0.717) is 12.2 Å². The summed E-state index contributed by atoms with van der Waals surface area (Å²) in [7, 11) is -2.50. The summed E-state index contributed by atoms with van der Waals surface area (Å²) in [5, 5.41) is -0.0581. The second-order valence-electron chi connectivity index (χ2n) is 7.59. The largest absolute Gasteiger partial charge is 0.452 e. The SMILES string of the molecule is CN(Cc1cccc(F)c1)C(=O)COC(=O)c1ccc(Cl)c(S(=O)(=O)NCC2CCCO2)c1. The van der Waals surface area contributed by atoms with Crippen LogP contribution in [0.4, 0.5) is 4.39 Å². The maximum Gasteiger partial charge on any atom is 0.338 e. The van der Waals surface area contributed by atoms with Gasteiger partial charge in [0.05, 0.1) is 16.7 Å². The van der Waals surface area contributed by atoms with Gasteiger partial charge in [-0.15, -0.1) is 0 Å². The van der Waals surface area contributed by atoms with Crippen molar-refractivity contribution < 1.29 is 31.9 Å². The molecular formula is C22H24ClFN2O6S. The molecule has 1 atom stereocenters. The Labute approximate surface area is 196 Å². The summed E-state index contributed by atoms with van der Waals surface area (Å²) in [6.07, 6.45) is 1.41. The predicted molar refractivity (Wildman–Crippen MR) is 119 cm³/mol. The van der Waals surface area contributed by atoms with Gasteiger partial charge in [-0.05, 0) is 48.7 Å². The topological polar surface area (TPSA) is 102 Å². The molecule has 33 heavy (non-hydrogen) atoms. The molecule has 0 aromatic heterocycles. The predicted octanol–water partition coefficient (Wildman–Crippen LogP) is 2.75. The molecule has 2 aromatic rings. The molecule has 1 N–H and O–H groups in total. The van der Waals surface area contributed by atoms with Crippen molar-refractivity contribution in [2.24, 2.45) is 0 Å². The summed E-state index contributed by atoms with van der Waals surface area (Å²) in [4.78, 5) is 25.7. The molecule has 11 heteroatoms. The molecule has 1 aliphatic rings. The number of sulfonamides is 1. The van der Waals surface area contributed by atoms with Crippen molar-refractivity contribution in [1.29, 1.82) is 0 Å². The Hall–Kier alpha value is -2.53. The van der Waals surface area contributed by atoms with Gasteiger partial charge in [0.1, 0.15) is 10.7 Å². The van der Waals surface area contributed by atoms with E-state index in [1.807, 2.05) is 0 Å². The van der Waals surface area contributed by atoms with Crippen molar-refractivity contribution in [3.8, 4) is 0 Å². The first-order chi connectivity index (χ1) is 15.7.